The lowest BCUT2D eigenvalue weighted by atomic mass is 10.3. The molecule has 2 rings (SSSR count). The van der Waals surface area contributed by atoms with Gasteiger partial charge in [0, 0.05) is 10.7 Å². The number of rotatable bonds is 0. The van der Waals surface area contributed by atoms with Crippen LogP contribution in [0.4, 0.5) is 0 Å². The van der Waals surface area contributed by atoms with E-state index >= 15 is 0 Å². The lowest BCUT2D eigenvalue weighted by Gasteiger charge is -1.88. The number of aryl methyl sites for hydroxylation is 1. The lowest BCUT2D eigenvalue weighted by molar-refractivity contribution is 1.31. The van der Waals surface area contributed by atoms with E-state index in [0.717, 1.165) is 20.4 Å². The summed E-state index contributed by atoms with van der Waals surface area (Å²) in [5.74, 6) is 0. The zero-order chi connectivity index (χ0) is 7.84. The van der Waals surface area contributed by atoms with E-state index in [9.17, 15) is 0 Å². The van der Waals surface area contributed by atoms with Crippen molar-refractivity contribution in [3.63, 3.8) is 0 Å². The minimum Gasteiger partial charge on any atom is -0.252 e. The van der Waals surface area contributed by atoms with Crippen molar-refractivity contribution in [3.05, 3.63) is 22.4 Å². The van der Waals surface area contributed by atoms with Crippen LogP contribution in [0, 0.1) is 6.92 Å². The first-order chi connectivity index (χ1) is 5.27. The predicted octanol–water partition coefficient (Wildman–Crippen LogP) is 2.76. The summed E-state index contributed by atoms with van der Waals surface area (Å²) >= 11 is 4.84. The summed E-state index contributed by atoms with van der Waals surface area (Å²) in [4.78, 5) is 4.24. The Balaban J connectivity index is 2.86. The molecular weight excluding hydrogens is 224 g/mol. The van der Waals surface area contributed by atoms with E-state index in [1.54, 1.807) is 6.20 Å². The smallest absolute Gasteiger partial charge is 0.104 e. The topological polar surface area (TPSA) is 25.8 Å². The molecule has 0 aliphatic heterocycles. The molecule has 2 nitrogen and oxygen atoms in total. The van der Waals surface area contributed by atoms with Gasteiger partial charge in [-0.1, -0.05) is 0 Å². The van der Waals surface area contributed by atoms with Gasteiger partial charge < -0.3 is 0 Å². The Morgan fingerprint density at radius 1 is 1.55 bits per heavy atom. The summed E-state index contributed by atoms with van der Waals surface area (Å²) in [5.41, 5.74) is 2.02. The third kappa shape index (κ3) is 1.16. The molecule has 0 N–H and O–H groups in total. The Kier molecular flexibility index (Phi) is 1.65. The van der Waals surface area contributed by atoms with Crippen LogP contribution in [-0.2, 0) is 0 Å². The Labute approximate surface area is 76.6 Å². The molecule has 0 bridgehead atoms. The summed E-state index contributed by atoms with van der Waals surface area (Å²) in [5, 5.41) is 0. The van der Waals surface area contributed by atoms with Gasteiger partial charge in [0.15, 0.2) is 0 Å². The van der Waals surface area contributed by atoms with Crippen molar-refractivity contribution in [2.75, 3.05) is 0 Å². The van der Waals surface area contributed by atoms with E-state index in [4.69, 9.17) is 0 Å². The van der Waals surface area contributed by atoms with Crippen LogP contribution in [0.1, 0.15) is 5.69 Å². The molecule has 0 aliphatic carbocycles. The first kappa shape index (κ1) is 7.18. The van der Waals surface area contributed by atoms with Crippen molar-refractivity contribution in [1.82, 2.24) is 9.36 Å². The molecule has 0 amide bonds. The monoisotopic (exact) mass is 228 g/mol. The fourth-order valence-corrected chi connectivity index (χ4v) is 2.19. The van der Waals surface area contributed by atoms with Crippen molar-refractivity contribution in [1.29, 1.82) is 0 Å². The van der Waals surface area contributed by atoms with Crippen molar-refractivity contribution in [2.24, 2.45) is 0 Å². The highest BCUT2D eigenvalue weighted by Crippen LogP contribution is 2.22. The molecule has 0 radical (unpaired) electrons. The molecule has 0 fully saturated rings. The first-order valence-electron chi connectivity index (χ1n) is 3.15. The molecule has 2 heterocycles. The van der Waals surface area contributed by atoms with Gasteiger partial charge in [0.25, 0.3) is 0 Å². The van der Waals surface area contributed by atoms with Gasteiger partial charge in [-0.2, -0.15) is 4.37 Å². The fraction of sp³-hybridized carbons (Fsp3) is 0.143. The molecule has 2 aromatic heterocycles. The zero-order valence-corrected chi connectivity index (χ0v) is 8.24. The molecule has 56 valence electrons. The highest BCUT2D eigenvalue weighted by Gasteiger charge is 2.02. The third-order valence-electron chi connectivity index (χ3n) is 1.44. The number of pyridine rings is 1. The van der Waals surface area contributed by atoms with Gasteiger partial charge >= 0.3 is 0 Å². The molecular formula is C7H5BrN2S. The highest BCUT2D eigenvalue weighted by atomic mass is 79.9. The number of nitrogens with zero attached hydrogens (tertiary/aromatic N) is 2. The highest BCUT2D eigenvalue weighted by molar-refractivity contribution is 9.10. The van der Waals surface area contributed by atoms with E-state index in [2.05, 4.69) is 25.3 Å². The summed E-state index contributed by atoms with van der Waals surface area (Å²) < 4.78 is 6.34. The van der Waals surface area contributed by atoms with E-state index in [1.807, 2.05) is 13.0 Å². The average Bonchev–Trinajstić information content (AvgIpc) is 2.32. The van der Waals surface area contributed by atoms with Crippen LogP contribution >= 0.6 is 27.5 Å². The predicted molar refractivity (Wildman–Crippen MR) is 49.9 cm³/mol. The maximum absolute atomic E-state index is 4.24. The van der Waals surface area contributed by atoms with Crippen molar-refractivity contribution < 1.29 is 0 Å². The maximum Gasteiger partial charge on any atom is 0.104 e. The van der Waals surface area contributed by atoms with Crippen molar-refractivity contribution in [2.45, 2.75) is 6.92 Å². The molecule has 0 aromatic carbocycles. The van der Waals surface area contributed by atoms with Gasteiger partial charge in [-0.25, -0.2) is 0 Å². The van der Waals surface area contributed by atoms with Gasteiger partial charge in [-0.3, -0.25) is 4.98 Å². The largest absolute Gasteiger partial charge is 0.252 e. The summed E-state index contributed by atoms with van der Waals surface area (Å²) in [6, 6.07) is 2.03. The SMILES string of the molecule is Cc1nsc2cc(Br)cnc12. The molecule has 0 saturated carbocycles. The molecule has 0 spiro atoms. The second kappa shape index (κ2) is 2.53. The summed E-state index contributed by atoms with van der Waals surface area (Å²) in [7, 11) is 0. The average molecular weight is 229 g/mol. The Hall–Kier alpha value is -0.480. The molecule has 4 heteroatoms. The Bertz CT molecular complexity index is 396. The second-order valence-electron chi connectivity index (χ2n) is 2.27. The van der Waals surface area contributed by atoms with Gasteiger partial charge in [0.2, 0.25) is 0 Å². The second-order valence-corrected chi connectivity index (χ2v) is 3.99. The van der Waals surface area contributed by atoms with Crippen LogP contribution in [0.3, 0.4) is 0 Å². The number of aromatic nitrogens is 2. The van der Waals surface area contributed by atoms with Crippen molar-refractivity contribution in [3.8, 4) is 0 Å². The summed E-state index contributed by atoms with van der Waals surface area (Å²) in [6.07, 6.45) is 1.80. The molecule has 0 atom stereocenters. The minimum absolute atomic E-state index is 1.01. The molecule has 2 aromatic rings. The number of fused-ring (bicyclic) bond motifs is 1. The van der Waals surface area contributed by atoms with E-state index < -0.39 is 0 Å². The normalized spacial score (nSPS) is 10.7. The number of hydrogen-bond donors (Lipinski definition) is 0. The standard InChI is InChI=1S/C7H5BrN2S/c1-4-7-6(11-10-4)2-5(8)3-9-7/h2-3H,1H3. The zero-order valence-electron chi connectivity index (χ0n) is 5.84. The van der Waals surface area contributed by atoms with E-state index in [0.29, 0.717) is 0 Å². The van der Waals surface area contributed by atoms with Gasteiger partial charge in [0.05, 0.1) is 10.4 Å². The van der Waals surface area contributed by atoms with Crippen LogP contribution in [0.25, 0.3) is 10.2 Å². The van der Waals surface area contributed by atoms with E-state index in [-0.39, 0.29) is 0 Å². The van der Waals surface area contributed by atoms with Crippen LogP contribution in [0.15, 0.2) is 16.7 Å². The van der Waals surface area contributed by atoms with Crippen LogP contribution in [0.5, 0.6) is 0 Å². The van der Waals surface area contributed by atoms with Gasteiger partial charge in [-0.05, 0) is 40.5 Å². The van der Waals surface area contributed by atoms with Crippen LogP contribution < -0.4 is 0 Å². The molecule has 0 aliphatic rings. The van der Waals surface area contributed by atoms with Gasteiger partial charge in [0.1, 0.15) is 5.52 Å². The lowest BCUT2D eigenvalue weighted by Crippen LogP contribution is -1.75. The molecule has 0 saturated heterocycles. The van der Waals surface area contributed by atoms with Crippen molar-refractivity contribution >= 4 is 37.7 Å². The Morgan fingerprint density at radius 3 is 3.18 bits per heavy atom. The third-order valence-corrected chi connectivity index (χ3v) is 2.75. The van der Waals surface area contributed by atoms with Gasteiger partial charge in [-0.15, -0.1) is 0 Å². The van der Waals surface area contributed by atoms with Crippen LogP contribution in [-0.4, -0.2) is 9.36 Å². The fourth-order valence-electron chi connectivity index (χ4n) is 0.923. The minimum atomic E-state index is 1.01. The quantitative estimate of drug-likeness (QED) is 0.694. The Morgan fingerprint density at radius 2 is 2.36 bits per heavy atom. The van der Waals surface area contributed by atoms with E-state index in [1.165, 1.54) is 11.5 Å². The number of halogens is 1. The molecule has 0 unspecified atom stereocenters. The first-order valence-corrected chi connectivity index (χ1v) is 4.71. The maximum atomic E-state index is 4.24. The van der Waals surface area contributed by atoms with Crippen LogP contribution in [0.2, 0.25) is 0 Å². The summed E-state index contributed by atoms with van der Waals surface area (Å²) in [6.45, 7) is 1.97. The molecule has 11 heavy (non-hydrogen) atoms. The number of hydrogen-bond acceptors (Lipinski definition) is 3.